The van der Waals surface area contributed by atoms with E-state index < -0.39 is 16.8 Å². The summed E-state index contributed by atoms with van der Waals surface area (Å²) in [5.74, 6) is -0.770. The average molecular weight is 312 g/mol. The van der Waals surface area contributed by atoms with Gasteiger partial charge >= 0.3 is 5.69 Å². The zero-order chi connectivity index (χ0) is 15.6. The van der Waals surface area contributed by atoms with Crippen molar-refractivity contribution in [3.63, 3.8) is 0 Å². The van der Waals surface area contributed by atoms with E-state index in [2.05, 4.69) is 0 Å². The number of benzene rings is 2. The molecule has 0 spiro atoms. The quantitative estimate of drug-likeness (QED) is 0.677. The van der Waals surface area contributed by atoms with Gasteiger partial charge in [-0.05, 0) is 30.7 Å². The minimum atomic E-state index is -0.708. The highest BCUT2D eigenvalue weighted by atomic mass is 35.5. The van der Waals surface area contributed by atoms with E-state index >= 15 is 0 Å². The highest BCUT2D eigenvalue weighted by Gasteiger charge is 2.18. The normalized spacial score (nSPS) is 12.0. The molecule has 1 unspecified atom stereocenters. The maximum atomic E-state index is 13.2. The molecule has 0 fully saturated rings. The Bertz CT molecular complexity index is 691. The monoisotopic (exact) mass is 311 g/mol. The fourth-order valence-electron chi connectivity index (χ4n) is 1.70. The van der Waals surface area contributed by atoms with Crippen molar-refractivity contribution in [1.29, 1.82) is 0 Å². The summed E-state index contributed by atoms with van der Waals surface area (Å²) in [5, 5.41) is 20.5. The topological polar surface area (TPSA) is 72.6 Å². The molecule has 2 aromatic carbocycles. The van der Waals surface area contributed by atoms with Crippen molar-refractivity contribution in [2.45, 2.75) is 13.0 Å². The van der Waals surface area contributed by atoms with Crippen LogP contribution in [0.1, 0.15) is 18.6 Å². The fourth-order valence-corrected chi connectivity index (χ4v) is 1.93. The van der Waals surface area contributed by atoms with Crippen LogP contribution in [0.25, 0.3) is 0 Å². The number of nitro groups is 1. The molecule has 0 aliphatic carbocycles. The predicted molar refractivity (Wildman–Crippen MR) is 75.2 cm³/mol. The van der Waals surface area contributed by atoms with Crippen LogP contribution in [-0.4, -0.2) is 10.0 Å². The molecule has 7 heteroatoms. The first kappa shape index (κ1) is 15.2. The molecule has 110 valence electrons. The lowest BCUT2D eigenvalue weighted by atomic mass is 10.1. The van der Waals surface area contributed by atoms with Gasteiger partial charge in [-0.15, -0.1) is 0 Å². The Kier molecular flexibility index (Phi) is 4.40. The number of halogens is 2. The van der Waals surface area contributed by atoms with Crippen molar-refractivity contribution in [2.24, 2.45) is 0 Å². The van der Waals surface area contributed by atoms with Crippen LogP contribution in [0.15, 0.2) is 36.4 Å². The fraction of sp³-hybridized carbons (Fsp3) is 0.143. The van der Waals surface area contributed by atoms with Gasteiger partial charge in [-0.1, -0.05) is 17.7 Å². The number of hydrogen-bond acceptors (Lipinski definition) is 4. The zero-order valence-corrected chi connectivity index (χ0v) is 11.7. The number of nitro benzene ring substituents is 1. The van der Waals surface area contributed by atoms with E-state index in [9.17, 15) is 19.6 Å². The van der Waals surface area contributed by atoms with E-state index in [0.717, 1.165) is 18.2 Å². The van der Waals surface area contributed by atoms with E-state index in [-0.39, 0.29) is 22.2 Å². The lowest BCUT2D eigenvalue weighted by Gasteiger charge is -2.10. The summed E-state index contributed by atoms with van der Waals surface area (Å²) < 4.78 is 18.5. The molecule has 0 aromatic heterocycles. The van der Waals surface area contributed by atoms with Crippen molar-refractivity contribution < 1.29 is 19.2 Å². The van der Waals surface area contributed by atoms with Gasteiger partial charge in [-0.2, -0.15) is 0 Å². The summed E-state index contributed by atoms with van der Waals surface area (Å²) in [7, 11) is 0. The summed E-state index contributed by atoms with van der Waals surface area (Å²) in [4.78, 5) is 10.2. The second-order valence-corrected chi connectivity index (χ2v) is 4.74. The lowest BCUT2D eigenvalue weighted by molar-refractivity contribution is -0.385. The first-order valence-electron chi connectivity index (χ1n) is 5.98. The Hall–Kier alpha value is -2.18. The van der Waals surface area contributed by atoms with Crippen LogP contribution in [0.2, 0.25) is 5.02 Å². The number of hydrogen-bond donors (Lipinski definition) is 1. The molecule has 21 heavy (non-hydrogen) atoms. The Balaban J connectivity index is 2.38. The number of aliphatic hydroxyl groups excluding tert-OH is 1. The molecule has 0 saturated carbocycles. The first-order valence-corrected chi connectivity index (χ1v) is 6.35. The van der Waals surface area contributed by atoms with E-state index in [4.69, 9.17) is 16.3 Å². The second kappa shape index (κ2) is 6.07. The third-order valence-corrected chi connectivity index (χ3v) is 3.07. The lowest BCUT2D eigenvalue weighted by Crippen LogP contribution is -1.96. The first-order chi connectivity index (χ1) is 9.88. The Morgan fingerprint density at radius 2 is 2.00 bits per heavy atom. The smallest absolute Gasteiger partial charge is 0.311 e. The van der Waals surface area contributed by atoms with E-state index in [1.54, 1.807) is 13.0 Å². The van der Waals surface area contributed by atoms with Crippen LogP contribution < -0.4 is 4.74 Å². The van der Waals surface area contributed by atoms with Gasteiger partial charge in [0.05, 0.1) is 16.0 Å². The van der Waals surface area contributed by atoms with Crippen LogP contribution >= 0.6 is 11.6 Å². The van der Waals surface area contributed by atoms with Crippen LogP contribution in [0.5, 0.6) is 11.5 Å². The van der Waals surface area contributed by atoms with Gasteiger partial charge in [0, 0.05) is 12.1 Å². The molecule has 0 heterocycles. The van der Waals surface area contributed by atoms with Gasteiger partial charge in [0.1, 0.15) is 11.6 Å². The van der Waals surface area contributed by atoms with Crippen molar-refractivity contribution >= 4 is 17.3 Å². The minimum Gasteiger partial charge on any atom is -0.448 e. The van der Waals surface area contributed by atoms with Gasteiger partial charge < -0.3 is 9.84 Å². The third-order valence-electron chi connectivity index (χ3n) is 2.78. The standard InChI is InChI=1S/C14H11ClFNO4/c1-8(18)9-2-5-13(11(15)6-9)21-14-7-10(16)3-4-12(14)17(19)20/h2-8,18H,1H3. The summed E-state index contributed by atoms with van der Waals surface area (Å²) in [6, 6.07) is 7.41. The molecular weight excluding hydrogens is 301 g/mol. The number of nitrogens with zero attached hydrogens (tertiary/aromatic N) is 1. The molecule has 2 rings (SSSR count). The molecule has 0 aliphatic heterocycles. The van der Waals surface area contributed by atoms with Gasteiger partial charge in [0.25, 0.3) is 0 Å². The summed E-state index contributed by atoms with van der Waals surface area (Å²) in [6.45, 7) is 1.57. The van der Waals surface area contributed by atoms with Crippen molar-refractivity contribution in [3.05, 3.63) is 62.9 Å². The Morgan fingerprint density at radius 1 is 1.29 bits per heavy atom. The minimum absolute atomic E-state index is 0.134. The zero-order valence-electron chi connectivity index (χ0n) is 10.9. The molecule has 0 radical (unpaired) electrons. The molecule has 0 bridgehead atoms. The molecule has 1 atom stereocenters. The maximum Gasteiger partial charge on any atom is 0.311 e. The summed E-state index contributed by atoms with van der Waals surface area (Å²) in [6.07, 6.45) is -0.708. The summed E-state index contributed by atoms with van der Waals surface area (Å²) in [5.41, 5.74) is 0.202. The molecule has 0 amide bonds. The van der Waals surface area contributed by atoms with Crippen molar-refractivity contribution in [2.75, 3.05) is 0 Å². The highest BCUT2D eigenvalue weighted by molar-refractivity contribution is 6.32. The molecule has 0 saturated heterocycles. The molecule has 5 nitrogen and oxygen atoms in total. The second-order valence-electron chi connectivity index (χ2n) is 4.34. The van der Waals surface area contributed by atoms with Gasteiger partial charge in [0.2, 0.25) is 5.75 Å². The molecule has 2 aromatic rings. The maximum absolute atomic E-state index is 13.2. The van der Waals surface area contributed by atoms with Crippen molar-refractivity contribution in [3.8, 4) is 11.5 Å². The molecule has 0 aliphatic rings. The van der Waals surface area contributed by atoms with Crippen LogP contribution in [0.4, 0.5) is 10.1 Å². The van der Waals surface area contributed by atoms with E-state index in [0.29, 0.717) is 5.56 Å². The largest absolute Gasteiger partial charge is 0.448 e. The molecule has 1 N–H and O–H groups in total. The summed E-state index contributed by atoms with van der Waals surface area (Å²) >= 11 is 6.00. The number of ether oxygens (including phenoxy) is 1. The van der Waals surface area contributed by atoms with Gasteiger partial charge in [0.15, 0.2) is 0 Å². The SMILES string of the molecule is CC(O)c1ccc(Oc2cc(F)ccc2[N+](=O)[O-])c(Cl)c1. The third kappa shape index (κ3) is 3.48. The van der Waals surface area contributed by atoms with Crippen LogP contribution in [0, 0.1) is 15.9 Å². The predicted octanol–water partition coefficient (Wildman–Crippen LogP) is 4.23. The van der Waals surface area contributed by atoms with Crippen LogP contribution in [-0.2, 0) is 0 Å². The van der Waals surface area contributed by atoms with Gasteiger partial charge in [-0.3, -0.25) is 10.1 Å². The Morgan fingerprint density at radius 3 is 2.57 bits per heavy atom. The molecular formula is C14H11ClFNO4. The average Bonchev–Trinajstić information content (AvgIpc) is 2.40. The highest BCUT2D eigenvalue weighted by Crippen LogP contribution is 2.36. The number of aliphatic hydroxyl groups is 1. The van der Waals surface area contributed by atoms with E-state index in [1.807, 2.05) is 0 Å². The van der Waals surface area contributed by atoms with Crippen LogP contribution in [0.3, 0.4) is 0 Å². The van der Waals surface area contributed by atoms with Crippen molar-refractivity contribution in [1.82, 2.24) is 0 Å². The Labute approximate surface area is 124 Å². The van der Waals surface area contributed by atoms with Gasteiger partial charge in [-0.25, -0.2) is 4.39 Å². The number of rotatable bonds is 4. The van der Waals surface area contributed by atoms with E-state index in [1.165, 1.54) is 12.1 Å².